The van der Waals surface area contributed by atoms with E-state index in [0.29, 0.717) is 6.54 Å². The standard InChI is InChI=1S/C23H22N2OS/c26-23(16-24-12-6-1-7-13-24)25-19-10-4-5-11-21(19)27-22-15-18-9-3-2-8-17(18)14-20(22)25/h2-5,8-11,14-15H,1,6-7,12-13,16H2. The number of benzene rings is 3. The number of hydrogen-bond donors (Lipinski definition) is 0. The van der Waals surface area contributed by atoms with E-state index >= 15 is 0 Å². The van der Waals surface area contributed by atoms with Crippen molar-refractivity contribution in [1.29, 1.82) is 0 Å². The van der Waals surface area contributed by atoms with Crippen molar-refractivity contribution >= 4 is 39.8 Å². The van der Waals surface area contributed by atoms with E-state index in [2.05, 4.69) is 53.4 Å². The Kier molecular flexibility index (Phi) is 4.38. The third kappa shape index (κ3) is 3.13. The van der Waals surface area contributed by atoms with Gasteiger partial charge >= 0.3 is 0 Å². The van der Waals surface area contributed by atoms with Crippen LogP contribution in [0.2, 0.25) is 0 Å². The number of rotatable bonds is 2. The zero-order valence-corrected chi connectivity index (χ0v) is 16.0. The average Bonchev–Trinajstić information content (AvgIpc) is 2.71. The van der Waals surface area contributed by atoms with Gasteiger partial charge in [0.1, 0.15) is 0 Å². The summed E-state index contributed by atoms with van der Waals surface area (Å²) in [6, 6.07) is 21.0. The molecule has 27 heavy (non-hydrogen) atoms. The number of carbonyl (C=O) groups excluding carboxylic acids is 1. The van der Waals surface area contributed by atoms with Crippen molar-refractivity contribution in [3.63, 3.8) is 0 Å². The second kappa shape index (κ2) is 7.02. The maximum Gasteiger partial charge on any atom is 0.245 e. The highest BCUT2D eigenvalue weighted by atomic mass is 32.2. The molecule has 2 aliphatic rings. The molecule has 0 saturated carbocycles. The van der Waals surface area contributed by atoms with Crippen LogP contribution in [0.1, 0.15) is 19.3 Å². The average molecular weight is 375 g/mol. The van der Waals surface area contributed by atoms with Crippen LogP contribution in [0.3, 0.4) is 0 Å². The molecule has 4 heteroatoms. The second-order valence-corrected chi connectivity index (χ2v) is 8.39. The maximum absolute atomic E-state index is 13.4. The molecular weight excluding hydrogens is 352 g/mol. The van der Waals surface area contributed by atoms with Gasteiger partial charge in [-0.1, -0.05) is 54.6 Å². The molecule has 3 aromatic carbocycles. The van der Waals surface area contributed by atoms with E-state index in [9.17, 15) is 4.79 Å². The Morgan fingerprint density at radius 1 is 0.815 bits per heavy atom. The monoisotopic (exact) mass is 374 g/mol. The van der Waals surface area contributed by atoms with Crippen molar-refractivity contribution in [2.75, 3.05) is 24.5 Å². The molecule has 0 unspecified atom stereocenters. The van der Waals surface area contributed by atoms with Crippen LogP contribution in [0.15, 0.2) is 70.5 Å². The molecule has 2 heterocycles. The molecule has 5 rings (SSSR count). The molecule has 136 valence electrons. The van der Waals surface area contributed by atoms with Gasteiger partial charge in [0.15, 0.2) is 0 Å². The predicted molar refractivity (Wildman–Crippen MR) is 112 cm³/mol. The Labute approximate surface area is 164 Å². The van der Waals surface area contributed by atoms with Gasteiger partial charge in [0.05, 0.1) is 17.9 Å². The predicted octanol–water partition coefficient (Wildman–Crippen LogP) is 5.46. The zero-order chi connectivity index (χ0) is 18.2. The summed E-state index contributed by atoms with van der Waals surface area (Å²) in [5.41, 5.74) is 2.02. The molecule has 0 spiro atoms. The zero-order valence-electron chi connectivity index (χ0n) is 15.2. The summed E-state index contributed by atoms with van der Waals surface area (Å²) in [5, 5.41) is 2.39. The van der Waals surface area contributed by atoms with Gasteiger partial charge in [0.25, 0.3) is 0 Å². The fourth-order valence-electron chi connectivity index (χ4n) is 4.09. The molecule has 1 fully saturated rings. The molecular formula is C23H22N2OS. The quantitative estimate of drug-likeness (QED) is 0.595. The highest BCUT2D eigenvalue weighted by molar-refractivity contribution is 7.99. The first-order valence-corrected chi connectivity index (χ1v) is 10.5. The SMILES string of the molecule is O=C(CN1CCCCC1)N1c2ccccc2Sc2cc3ccccc3cc21. The Balaban J connectivity index is 1.58. The molecule has 0 N–H and O–H groups in total. The smallest absolute Gasteiger partial charge is 0.245 e. The van der Waals surface area contributed by atoms with Crippen LogP contribution in [-0.4, -0.2) is 30.4 Å². The summed E-state index contributed by atoms with van der Waals surface area (Å²) in [7, 11) is 0. The van der Waals surface area contributed by atoms with Crippen molar-refractivity contribution in [2.24, 2.45) is 0 Å². The van der Waals surface area contributed by atoms with Crippen molar-refractivity contribution < 1.29 is 4.79 Å². The van der Waals surface area contributed by atoms with E-state index in [1.165, 1.54) is 30.0 Å². The maximum atomic E-state index is 13.4. The number of piperidine rings is 1. The molecule has 0 bridgehead atoms. The molecule has 0 aliphatic carbocycles. The van der Waals surface area contributed by atoms with Gasteiger partial charge in [0.2, 0.25) is 5.91 Å². The van der Waals surface area contributed by atoms with Gasteiger partial charge in [-0.3, -0.25) is 14.6 Å². The molecule has 1 saturated heterocycles. The van der Waals surface area contributed by atoms with Crippen molar-refractivity contribution in [1.82, 2.24) is 4.90 Å². The Morgan fingerprint density at radius 3 is 2.33 bits per heavy atom. The van der Waals surface area contributed by atoms with Crippen molar-refractivity contribution in [3.05, 3.63) is 60.7 Å². The Hall–Kier alpha value is -2.30. The lowest BCUT2D eigenvalue weighted by Crippen LogP contribution is -2.41. The van der Waals surface area contributed by atoms with Crippen LogP contribution in [0.5, 0.6) is 0 Å². The first-order valence-electron chi connectivity index (χ1n) is 9.64. The summed E-state index contributed by atoms with van der Waals surface area (Å²) in [6.45, 7) is 2.55. The fourth-order valence-corrected chi connectivity index (χ4v) is 5.18. The second-order valence-electron chi connectivity index (χ2n) is 7.30. The van der Waals surface area contributed by atoms with Crippen LogP contribution in [0, 0.1) is 0 Å². The molecule has 1 amide bonds. The molecule has 3 nitrogen and oxygen atoms in total. The van der Waals surface area contributed by atoms with Crippen molar-refractivity contribution in [3.8, 4) is 0 Å². The minimum atomic E-state index is 0.168. The topological polar surface area (TPSA) is 23.6 Å². The Morgan fingerprint density at radius 2 is 1.52 bits per heavy atom. The number of hydrogen-bond acceptors (Lipinski definition) is 3. The lowest BCUT2D eigenvalue weighted by atomic mass is 10.1. The molecule has 0 radical (unpaired) electrons. The highest BCUT2D eigenvalue weighted by Gasteiger charge is 2.29. The van der Waals surface area contributed by atoms with E-state index in [0.717, 1.165) is 34.3 Å². The van der Waals surface area contributed by atoms with Crippen LogP contribution >= 0.6 is 11.8 Å². The van der Waals surface area contributed by atoms with E-state index in [1.807, 2.05) is 17.0 Å². The molecule has 0 atom stereocenters. The minimum Gasteiger partial charge on any atom is -0.294 e. The first-order chi connectivity index (χ1) is 13.3. The summed E-state index contributed by atoms with van der Waals surface area (Å²) in [4.78, 5) is 19.9. The van der Waals surface area contributed by atoms with Gasteiger partial charge in [-0.05, 0) is 61.0 Å². The van der Waals surface area contributed by atoms with Crippen LogP contribution < -0.4 is 4.90 Å². The van der Waals surface area contributed by atoms with Gasteiger partial charge in [-0.25, -0.2) is 0 Å². The molecule has 2 aliphatic heterocycles. The number of para-hydroxylation sites is 1. The number of anilines is 2. The third-order valence-electron chi connectivity index (χ3n) is 5.45. The third-order valence-corrected chi connectivity index (χ3v) is 6.56. The number of likely N-dealkylation sites (tertiary alicyclic amines) is 1. The normalized spacial score (nSPS) is 16.8. The van der Waals surface area contributed by atoms with E-state index in [1.54, 1.807) is 11.8 Å². The van der Waals surface area contributed by atoms with E-state index in [-0.39, 0.29) is 5.91 Å². The Bertz CT molecular complexity index is 1010. The largest absolute Gasteiger partial charge is 0.294 e. The number of fused-ring (bicyclic) bond motifs is 3. The van der Waals surface area contributed by atoms with Gasteiger partial charge in [-0.15, -0.1) is 0 Å². The number of carbonyl (C=O) groups is 1. The van der Waals surface area contributed by atoms with E-state index < -0.39 is 0 Å². The summed E-state index contributed by atoms with van der Waals surface area (Å²) < 4.78 is 0. The van der Waals surface area contributed by atoms with Crippen LogP contribution in [0.25, 0.3) is 10.8 Å². The summed E-state index contributed by atoms with van der Waals surface area (Å²) in [6.07, 6.45) is 3.67. The molecule has 3 aromatic rings. The fraction of sp³-hybridized carbons (Fsp3) is 0.261. The van der Waals surface area contributed by atoms with Crippen LogP contribution in [0.4, 0.5) is 11.4 Å². The lowest BCUT2D eigenvalue weighted by Gasteiger charge is -2.34. The van der Waals surface area contributed by atoms with Gasteiger partial charge < -0.3 is 0 Å². The summed E-state index contributed by atoms with van der Waals surface area (Å²) >= 11 is 1.76. The van der Waals surface area contributed by atoms with Gasteiger partial charge in [0, 0.05) is 9.79 Å². The van der Waals surface area contributed by atoms with Crippen molar-refractivity contribution in [2.45, 2.75) is 29.1 Å². The highest BCUT2D eigenvalue weighted by Crippen LogP contribution is 2.49. The number of nitrogens with zero attached hydrogens (tertiary/aromatic N) is 2. The number of amides is 1. The summed E-state index contributed by atoms with van der Waals surface area (Å²) in [5.74, 6) is 0.168. The first kappa shape index (κ1) is 16.8. The minimum absolute atomic E-state index is 0.168. The van der Waals surface area contributed by atoms with Crippen LogP contribution in [-0.2, 0) is 4.79 Å². The molecule has 0 aromatic heterocycles. The van der Waals surface area contributed by atoms with Gasteiger partial charge in [-0.2, -0.15) is 0 Å². The van der Waals surface area contributed by atoms with E-state index in [4.69, 9.17) is 0 Å². The lowest BCUT2D eigenvalue weighted by molar-refractivity contribution is -0.119.